The summed E-state index contributed by atoms with van der Waals surface area (Å²) in [6, 6.07) is 10.5. The predicted molar refractivity (Wildman–Crippen MR) is 101 cm³/mol. The van der Waals surface area contributed by atoms with Gasteiger partial charge in [-0.2, -0.15) is 0 Å². The standard InChI is InChI=1S/C20H26N2OS/c1-15-12-19(16(2)24-15)20(23)21-13-17-8-4-5-9-18(17)14-22-10-6-3-7-11-22/h4-5,8-9,12H,3,6-7,10-11,13-14H2,1-2H3,(H,21,23). The summed E-state index contributed by atoms with van der Waals surface area (Å²) < 4.78 is 0. The lowest BCUT2D eigenvalue weighted by Crippen LogP contribution is -2.30. The molecule has 2 heterocycles. The van der Waals surface area contributed by atoms with E-state index in [4.69, 9.17) is 0 Å². The fourth-order valence-corrected chi connectivity index (χ4v) is 4.29. The summed E-state index contributed by atoms with van der Waals surface area (Å²) in [7, 11) is 0. The van der Waals surface area contributed by atoms with Gasteiger partial charge in [-0.25, -0.2) is 0 Å². The molecular weight excluding hydrogens is 316 g/mol. The molecule has 4 heteroatoms. The first-order valence-corrected chi connectivity index (χ1v) is 9.59. The largest absolute Gasteiger partial charge is 0.348 e. The van der Waals surface area contributed by atoms with Gasteiger partial charge in [0.15, 0.2) is 0 Å². The van der Waals surface area contributed by atoms with Gasteiger partial charge in [0.1, 0.15) is 0 Å². The number of likely N-dealkylation sites (tertiary alicyclic amines) is 1. The Kier molecular flexibility index (Phi) is 5.69. The zero-order valence-corrected chi connectivity index (χ0v) is 15.4. The molecule has 0 saturated carbocycles. The number of carbonyl (C=O) groups is 1. The SMILES string of the molecule is Cc1cc(C(=O)NCc2ccccc2CN2CCCCC2)c(C)s1. The molecule has 3 nitrogen and oxygen atoms in total. The Hall–Kier alpha value is -1.65. The maximum absolute atomic E-state index is 12.4. The van der Waals surface area contributed by atoms with Crippen molar-refractivity contribution in [3.8, 4) is 0 Å². The highest BCUT2D eigenvalue weighted by Crippen LogP contribution is 2.21. The summed E-state index contributed by atoms with van der Waals surface area (Å²) in [5, 5.41) is 3.10. The first-order chi connectivity index (χ1) is 11.6. The molecule has 2 aromatic rings. The maximum atomic E-state index is 12.4. The van der Waals surface area contributed by atoms with E-state index in [0.717, 1.165) is 17.0 Å². The number of hydrogen-bond acceptors (Lipinski definition) is 3. The van der Waals surface area contributed by atoms with Crippen molar-refractivity contribution < 1.29 is 4.79 Å². The van der Waals surface area contributed by atoms with Crippen LogP contribution in [0, 0.1) is 13.8 Å². The van der Waals surface area contributed by atoms with Crippen molar-refractivity contribution in [3.63, 3.8) is 0 Å². The molecule has 1 amide bonds. The van der Waals surface area contributed by atoms with Crippen molar-refractivity contribution in [3.05, 3.63) is 56.8 Å². The molecule has 0 spiro atoms. The van der Waals surface area contributed by atoms with E-state index in [1.54, 1.807) is 11.3 Å². The van der Waals surface area contributed by atoms with Crippen LogP contribution in [0.2, 0.25) is 0 Å². The van der Waals surface area contributed by atoms with Gasteiger partial charge < -0.3 is 5.32 Å². The first kappa shape index (κ1) is 17.2. The molecule has 0 radical (unpaired) electrons. The number of rotatable bonds is 5. The summed E-state index contributed by atoms with van der Waals surface area (Å²) in [4.78, 5) is 17.2. The van der Waals surface area contributed by atoms with Crippen molar-refractivity contribution in [2.45, 2.75) is 46.2 Å². The van der Waals surface area contributed by atoms with E-state index in [0.29, 0.717) is 6.54 Å². The fraction of sp³-hybridized carbons (Fsp3) is 0.450. The van der Waals surface area contributed by atoms with E-state index in [1.807, 2.05) is 19.9 Å². The number of carbonyl (C=O) groups excluding carboxylic acids is 1. The number of thiophene rings is 1. The third-order valence-corrected chi connectivity index (χ3v) is 5.65. The molecule has 3 rings (SSSR count). The molecule has 0 bridgehead atoms. The van der Waals surface area contributed by atoms with E-state index in [2.05, 4.69) is 34.5 Å². The highest BCUT2D eigenvalue weighted by Gasteiger charge is 2.14. The molecule has 24 heavy (non-hydrogen) atoms. The molecule has 1 aromatic carbocycles. The average Bonchev–Trinajstić information content (AvgIpc) is 2.93. The van der Waals surface area contributed by atoms with Gasteiger partial charge in [-0.3, -0.25) is 9.69 Å². The van der Waals surface area contributed by atoms with Gasteiger partial charge in [-0.1, -0.05) is 30.7 Å². The van der Waals surface area contributed by atoms with E-state index in [1.165, 1.54) is 48.4 Å². The van der Waals surface area contributed by atoms with Gasteiger partial charge in [0.2, 0.25) is 0 Å². The van der Waals surface area contributed by atoms with Gasteiger partial charge in [0.25, 0.3) is 5.91 Å². The second-order valence-corrected chi connectivity index (χ2v) is 8.08. The van der Waals surface area contributed by atoms with E-state index in [9.17, 15) is 4.79 Å². The molecule has 128 valence electrons. The minimum atomic E-state index is 0.0321. The Bertz CT molecular complexity index is 701. The van der Waals surface area contributed by atoms with Gasteiger partial charge in [-0.05, 0) is 57.0 Å². The van der Waals surface area contributed by atoms with Crippen LogP contribution in [0.25, 0.3) is 0 Å². The molecule has 1 aliphatic rings. The quantitative estimate of drug-likeness (QED) is 0.879. The number of benzene rings is 1. The Labute approximate surface area is 148 Å². The Balaban J connectivity index is 1.64. The van der Waals surface area contributed by atoms with Gasteiger partial charge >= 0.3 is 0 Å². The zero-order valence-electron chi connectivity index (χ0n) is 14.6. The van der Waals surface area contributed by atoms with Crippen LogP contribution >= 0.6 is 11.3 Å². The molecule has 1 aromatic heterocycles. The minimum absolute atomic E-state index is 0.0321. The second kappa shape index (κ2) is 7.95. The second-order valence-electron chi connectivity index (χ2n) is 6.62. The molecule has 1 aliphatic heterocycles. The van der Waals surface area contributed by atoms with Crippen LogP contribution in [0.4, 0.5) is 0 Å². The van der Waals surface area contributed by atoms with Crippen LogP contribution in [-0.2, 0) is 13.1 Å². The van der Waals surface area contributed by atoms with E-state index < -0.39 is 0 Å². The number of piperidine rings is 1. The van der Waals surface area contributed by atoms with Crippen LogP contribution < -0.4 is 5.32 Å². The van der Waals surface area contributed by atoms with Crippen molar-refractivity contribution in [1.82, 2.24) is 10.2 Å². The average molecular weight is 343 g/mol. The summed E-state index contributed by atoms with van der Waals surface area (Å²) in [5.74, 6) is 0.0321. The zero-order chi connectivity index (χ0) is 16.9. The monoisotopic (exact) mass is 342 g/mol. The molecule has 1 saturated heterocycles. The number of hydrogen-bond donors (Lipinski definition) is 1. The topological polar surface area (TPSA) is 32.3 Å². The lowest BCUT2D eigenvalue weighted by Gasteiger charge is -2.27. The Morgan fingerprint density at radius 3 is 2.50 bits per heavy atom. The van der Waals surface area contributed by atoms with Crippen molar-refractivity contribution >= 4 is 17.2 Å². The maximum Gasteiger partial charge on any atom is 0.252 e. The van der Waals surface area contributed by atoms with Crippen LogP contribution in [0.5, 0.6) is 0 Å². The molecule has 0 atom stereocenters. The van der Waals surface area contributed by atoms with Gasteiger partial charge in [0.05, 0.1) is 5.56 Å². The lowest BCUT2D eigenvalue weighted by atomic mass is 10.0. The predicted octanol–water partition coefficient (Wildman–Crippen LogP) is 4.28. The van der Waals surface area contributed by atoms with Crippen molar-refractivity contribution in [1.29, 1.82) is 0 Å². The smallest absolute Gasteiger partial charge is 0.252 e. The minimum Gasteiger partial charge on any atom is -0.348 e. The van der Waals surface area contributed by atoms with Crippen LogP contribution in [-0.4, -0.2) is 23.9 Å². The summed E-state index contributed by atoms with van der Waals surface area (Å²) in [6.07, 6.45) is 3.96. The molecule has 1 N–H and O–H groups in total. The number of nitrogens with zero attached hydrogens (tertiary/aromatic N) is 1. The van der Waals surface area contributed by atoms with E-state index in [-0.39, 0.29) is 5.91 Å². The van der Waals surface area contributed by atoms with Gasteiger partial charge in [0, 0.05) is 22.8 Å². The normalized spacial score (nSPS) is 15.4. The van der Waals surface area contributed by atoms with Crippen LogP contribution in [0.15, 0.2) is 30.3 Å². The van der Waals surface area contributed by atoms with E-state index >= 15 is 0 Å². The van der Waals surface area contributed by atoms with Crippen molar-refractivity contribution in [2.24, 2.45) is 0 Å². The van der Waals surface area contributed by atoms with Crippen LogP contribution in [0.3, 0.4) is 0 Å². The third-order valence-electron chi connectivity index (χ3n) is 4.69. The highest BCUT2D eigenvalue weighted by atomic mass is 32.1. The van der Waals surface area contributed by atoms with Gasteiger partial charge in [-0.15, -0.1) is 11.3 Å². The lowest BCUT2D eigenvalue weighted by molar-refractivity contribution is 0.0950. The summed E-state index contributed by atoms with van der Waals surface area (Å²) in [6.45, 7) is 8.02. The Morgan fingerprint density at radius 1 is 1.12 bits per heavy atom. The summed E-state index contributed by atoms with van der Waals surface area (Å²) in [5.41, 5.74) is 3.37. The molecule has 0 aliphatic carbocycles. The number of amides is 1. The Morgan fingerprint density at radius 2 is 1.83 bits per heavy atom. The van der Waals surface area contributed by atoms with Crippen molar-refractivity contribution in [2.75, 3.05) is 13.1 Å². The fourth-order valence-electron chi connectivity index (χ4n) is 3.37. The van der Waals surface area contributed by atoms with Crippen LogP contribution in [0.1, 0.15) is 50.5 Å². The molecule has 1 fully saturated rings. The number of nitrogens with one attached hydrogen (secondary N) is 1. The summed E-state index contributed by atoms with van der Waals surface area (Å²) >= 11 is 1.68. The first-order valence-electron chi connectivity index (χ1n) is 8.78. The molecule has 0 unspecified atom stereocenters. The number of aryl methyl sites for hydroxylation is 2. The molecular formula is C20H26N2OS. The highest BCUT2D eigenvalue weighted by molar-refractivity contribution is 7.12. The third kappa shape index (κ3) is 4.25.